The van der Waals surface area contributed by atoms with Gasteiger partial charge in [-0.3, -0.25) is 20.4 Å². The molecule has 0 saturated carbocycles. The number of ether oxygens (including phenoxy) is 2. The summed E-state index contributed by atoms with van der Waals surface area (Å²) in [7, 11) is 1.42. The molecule has 0 radical (unpaired) electrons. The number of amides is 2. The first-order valence-electron chi connectivity index (χ1n) is 8.37. The minimum absolute atomic E-state index is 0.155. The van der Waals surface area contributed by atoms with Crippen molar-refractivity contribution in [1.82, 2.24) is 15.8 Å². The van der Waals surface area contributed by atoms with Gasteiger partial charge in [-0.25, -0.2) is 4.98 Å². The van der Waals surface area contributed by atoms with Gasteiger partial charge in [-0.15, -0.1) is 0 Å². The molecule has 2 rings (SSSR count). The third-order valence-corrected chi connectivity index (χ3v) is 4.16. The first kappa shape index (κ1) is 22.3. The molecule has 0 spiro atoms. The molecule has 156 valence electrons. The number of hydrogen-bond donors (Lipinski definition) is 2. The van der Waals surface area contributed by atoms with Crippen LogP contribution in [-0.2, 0) is 0 Å². The molecule has 0 aliphatic carbocycles. The standard InChI is InChI=1S/C18H18F3N3O4S/c1-3-9-28-13-7-6-11(10-14(13)27-2)15(25)23-24-16(26)12-5-4-8-22-17(12)29-18(19,20)21/h4-8,10H,3,9H2,1-2H3,(H,23,25)(H,24,26). The average Bonchev–Trinajstić information content (AvgIpc) is 2.69. The van der Waals surface area contributed by atoms with Gasteiger partial charge in [0.25, 0.3) is 11.8 Å². The van der Waals surface area contributed by atoms with Gasteiger partial charge in [0, 0.05) is 23.5 Å². The third kappa shape index (κ3) is 6.56. The van der Waals surface area contributed by atoms with Crippen LogP contribution in [0.25, 0.3) is 0 Å². The van der Waals surface area contributed by atoms with Gasteiger partial charge in [-0.2, -0.15) is 13.2 Å². The predicted octanol–water partition coefficient (Wildman–Crippen LogP) is 3.57. The largest absolute Gasteiger partial charge is 0.493 e. The van der Waals surface area contributed by atoms with Crippen LogP contribution >= 0.6 is 11.8 Å². The Morgan fingerprint density at radius 3 is 2.52 bits per heavy atom. The molecule has 0 atom stereocenters. The van der Waals surface area contributed by atoms with Crippen LogP contribution in [0.3, 0.4) is 0 Å². The van der Waals surface area contributed by atoms with E-state index >= 15 is 0 Å². The average molecular weight is 429 g/mol. The van der Waals surface area contributed by atoms with Gasteiger partial charge in [-0.05, 0) is 36.8 Å². The normalized spacial score (nSPS) is 10.9. The summed E-state index contributed by atoms with van der Waals surface area (Å²) < 4.78 is 48.5. The van der Waals surface area contributed by atoms with E-state index in [0.29, 0.717) is 18.1 Å². The molecule has 11 heteroatoms. The van der Waals surface area contributed by atoms with Crippen LogP contribution < -0.4 is 20.3 Å². The number of pyridine rings is 1. The Morgan fingerprint density at radius 1 is 1.14 bits per heavy atom. The van der Waals surface area contributed by atoms with E-state index in [-0.39, 0.29) is 11.1 Å². The first-order valence-corrected chi connectivity index (χ1v) is 9.19. The van der Waals surface area contributed by atoms with E-state index in [1.807, 2.05) is 6.92 Å². The molecule has 2 N–H and O–H groups in total. The van der Waals surface area contributed by atoms with E-state index in [1.54, 1.807) is 6.07 Å². The monoisotopic (exact) mass is 429 g/mol. The highest BCUT2D eigenvalue weighted by atomic mass is 32.2. The van der Waals surface area contributed by atoms with Crippen molar-refractivity contribution in [2.75, 3.05) is 13.7 Å². The van der Waals surface area contributed by atoms with Crippen molar-refractivity contribution in [3.05, 3.63) is 47.7 Å². The van der Waals surface area contributed by atoms with Gasteiger partial charge < -0.3 is 9.47 Å². The molecule has 0 fully saturated rings. The zero-order chi connectivity index (χ0) is 21.4. The summed E-state index contributed by atoms with van der Waals surface area (Å²) in [4.78, 5) is 28.0. The van der Waals surface area contributed by atoms with Gasteiger partial charge in [0.05, 0.1) is 19.3 Å². The summed E-state index contributed by atoms with van der Waals surface area (Å²) in [6, 6.07) is 6.92. The van der Waals surface area contributed by atoms with Gasteiger partial charge in [-0.1, -0.05) is 6.92 Å². The van der Waals surface area contributed by atoms with E-state index < -0.39 is 34.1 Å². The third-order valence-electron chi connectivity index (χ3n) is 3.41. The second-order valence-electron chi connectivity index (χ2n) is 5.53. The number of nitrogens with one attached hydrogen (secondary N) is 2. The Labute approximate surface area is 169 Å². The maximum atomic E-state index is 12.6. The zero-order valence-corrected chi connectivity index (χ0v) is 16.3. The van der Waals surface area contributed by atoms with Crippen LogP contribution in [0.5, 0.6) is 11.5 Å². The molecular weight excluding hydrogens is 411 g/mol. The summed E-state index contributed by atoms with van der Waals surface area (Å²) >= 11 is -0.516. The number of benzene rings is 1. The molecule has 1 aromatic carbocycles. The molecule has 2 aromatic rings. The maximum absolute atomic E-state index is 12.6. The molecule has 0 aliphatic rings. The Kier molecular flexibility index (Phi) is 7.71. The molecule has 1 heterocycles. The quantitative estimate of drug-likeness (QED) is 0.517. The fourth-order valence-electron chi connectivity index (χ4n) is 2.15. The van der Waals surface area contributed by atoms with Crippen molar-refractivity contribution in [2.24, 2.45) is 0 Å². The second-order valence-corrected chi connectivity index (χ2v) is 6.58. The van der Waals surface area contributed by atoms with Crippen molar-refractivity contribution >= 4 is 23.6 Å². The number of thioether (sulfide) groups is 1. The van der Waals surface area contributed by atoms with Crippen molar-refractivity contribution in [3.8, 4) is 11.5 Å². The Balaban J connectivity index is 2.07. The number of alkyl halides is 3. The lowest BCUT2D eigenvalue weighted by atomic mass is 10.2. The fraction of sp³-hybridized carbons (Fsp3) is 0.278. The van der Waals surface area contributed by atoms with E-state index in [4.69, 9.17) is 9.47 Å². The lowest BCUT2D eigenvalue weighted by molar-refractivity contribution is -0.0329. The van der Waals surface area contributed by atoms with Crippen molar-refractivity contribution in [1.29, 1.82) is 0 Å². The van der Waals surface area contributed by atoms with E-state index in [0.717, 1.165) is 12.6 Å². The summed E-state index contributed by atoms with van der Waals surface area (Å²) in [5.41, 5.74) is -0.548. The zero-order valence-electron chi connectivity index (χ0n) is 15.5. The predicted molar refractivity (Wildman–Crippen MR) is 99.9 cm³/mol. The number of hydrazine groups is 1. The van der Waals surface area contributed by atoms with Crippen LogP contribution in [0.15, 0.2) is 41.6 Å². The number of aromatic nitrogens is 1. The highest BCUT2D eigenvalue weighted by Gasteiger charge is 2.32. The Bertz CT molecular complexity index is 878. The number of carbonyl (C=O) groups is 2. The second kappa shape index (κ2) is 10.0. The molecule has 0 unspecified atom stereocenters. The fourth-order valence-corrected chi connectivity index (χ4v) is 2.75. The maximum Gasteiger partial charge on any atom is 0.447 e. The van der Waals surface area contributed by atoms with Gasteiger partial charge >= 0.3 is 5.51 Å². The topological polar surface area (TPSA) is 89.6 Å². The molecule has 0 saturated heterocycles. The van der Waals surface area contributed by atoms with Crippen molar-refractivity contribution in [2.45, 2.75) is 23.9 Å². The molecule has 0 aliphatic heterocycles. The summed E-state index contributed by atoms with van der Waals surface area (Å²) in [6.45, 7) is 2.42. The first-order chi connectivity index (χ1) is 13.7. The number of carbonyl (C=O) groups excluding carboxylic acids is 2. The Hall–Kier alpha value is -2.95. The smallest absolute Gasteiger partial charge is 0.447 e. The number of hydrogen-bond acceptors (Lipinski definition) is 6. The summed E-state index contributed by atoms with van der Waals surface area (Å²) in [6.07, 6.45) is 1.93. The van der Waals surface area contributed by atoms with Gasteiger partial charge in [0.1, 0.15) is 5.03 Å². The van der Waals surface area contributed by atoms with E-state index in [2.05, 4.69) is 15.8 Å². The molecule has 1 aromatic heterocycles. The molecule has 7 nitrogen and oxygen atoms in total. The highest BCUT2D eigenvalue weighted by molar-refractivity contribution is 8.00. The molecule has 29 heavy (non-hydrogen) atoms. The number of halogens is 3. The minimum atomic E-state index is -4.61. The van der Waals surface area contributed by atoms with Crippen LogP contribution in [0.2, 0.25) is 0 Å². The molecule has 2 amide bonds. The summed E-state index contributed by atoms with van der Waals surface area (Å²) in [5.74, 6) is -0.840. The summed E-state index contributed by atoms with van der Waals surface area (Å²) in [5, 5.41) is -0.522. The van der Waals surface area contributed by atoms with E-state index in [1.165, 1.54) is 31.4 Å². The molecule has 0 bridgehead atoms. The molecular formula is C18H18F3N3O4S. The lowest BCUT2D eigenvalue weighted by Crippen LogP contribution is -2.41. The van der Waals surface area contributed by atoms with Crippen LogP contribution in [0.4, 0.5) is 13.2 Å². The number of rotatable bonds is 7. The lowest BCUT2D eigenvalue weighted by Gasteiger charge is -2.13. The van der Waals surface area contributed by atoms with Crippen LogP contribution in [-0.4, -0.2) is 36.0 Å². The number of nitrogens with zero attached hydrogens (tertiary/aromatic N) is 1. The van der Waals surface area contributed by atoms with Gasteiger partial charge in [0.2, 0.25) is 0 Å². The van der Waals surface area contributed by atoms with Crippen molar-refractivity contribution in [3.63, 3.8) is 0 Å². The van der Waals surface area contributed by atoms with E-state index in [9.17, 15) is 22.8 Å². The Morgan fingerprint density at radius 2 is 1.86 bits per heavy atom. The van der Waals surface area contributed by atoms with Crippen molar-refractivity contribution < 1.29 is 32.2 Å². The number of methoxy groups -OCH3 is 1. The minimum Gasteiger partial charge on any atom is -0.493 e. The van der Waals surface area contributed by atoms with Crippen LogP contribution in [0.1, 0.15) is 34.1 Å². The van der Waals surface area contributed by atoms with Crippen LogP contribution in [0, 0.1) is 0 Å². The highest BCUT2D eigenvalue weighted by Crippen LogP contribution is 2.37. The SMILES string of the molecule is CCCOc1ccc(C(=O)NNC(=O)c2cccnc2SC(F)(F)F)cc1OC. The van der Waals surface area contributed by atoms with Gasteiger partial charge in [0.15, 0.2) is 11.5 Å².